The van der Waals surface area contributed by atoms with E-state index in [2.05, 4.69) is 10.1 Å². The molecule has 0 aliphatic carbocycles. The molecular formula is C21H20N2O6. The standard InChI is InChI=1S/C21H20N2O6/c1-27-21(26)14-3-5-16(6-4-14)22-20(25)15-9-19(24)23(11-15)10-13-2-7-17-18(8-13)29-12-28-17/h2-8,15H,9-12H2,1H3,(H,22,25). The molecule has 4 rings (SSSR count). The molecule has 2 aromatic rings. The van der Waals surface area contributed by atoms with Gasteiger partial charge in [-0.15, -0.1) is 0 Å². The Labute approximate surface area is 167 Å². The summed E-state index contributed by atoms with van der Waals surface area (Å²) in [6, 6.07) is 12.0. The number of nitrogens with zero attached hydrogens (tertiary/aromatic N) is 1. The van der Waals surface area contributed by atoms with Crippen molar-refractivity contribution in [3.05, 3.63) is 53.6 Å². The summed E-state index contributed by atoms with van der Waals surface area (Å²) in [5.41, 5.74) is 1.88. The summed E-state index contributed by atoms with van der Waals surface area (Å²) in [4.78, 5) is 38.1. The van der Waals surface area contributed by atoms with Gasteiger partial charge in [0.15, 0.2) is 11.5 Å². The molecule has 8 heteroatoms. The van der Waals surface area contributed by atoms with E-state index in [1.807, 2.05) is 18.2 Å². The summed E-state index contributed by atoms with van der Waals surface area (Å²) in [6.07, 6.45) is 0.163. The molecule has 0 saturated carbocycles. The molecule has 8 nitrogen and oxygen atoms in total. The maximum Gasteiger partial charge on any atom is 0.337 e. The molecule has 0 aromatic heterocycles. The third kappa shape index (κ3) is 4.01. The van der Waals surface area contributed by atoms with Gasteiger partial charge in [-0.05, 0) is 42.0 Å². The lowest BCUT2D eigenvalue weighted by Gasteiger charge is -2.17. The van der Waals surface area contributed by atoms with E-state index in [1.54, 1.807) is 29.2 Å². The Morgan fingerprint density at radius 1 is 1.14 bits per heavy atom. The molecule has 2 aliphatic heterocycles. The fraction of sp³-hybridized carbons (Fsp3) is 0.286. The van der Waals surface area contributed by atoms with Gasteiger partial charge in [-0.3, -0.25) is 9.59 Å². The zero-order chi connectivity index (χ0) is 20.4. The van der Waals surface area contributed by atoms with Crippen LogP contribution in [0.2, 0.25) is 0 Å². The molecule has 2 heterocycles. The van der Waals surface area contributed by atoms with E-state index in [0.29, 0.717) is 35.8 Å². The molecule has 0 spiro atoms. The van der Waals surface area contributed by atoms with Crippen molar-refractivity contribution >= 4 is 23.5 Å². The second-order valence-electron chi connectivity index (χ2n) is 6.92. The van der Waals surface area contributed by atoms with Crippen LogP contribution in [0.15, 0.2) is 42.5 Å². The number of benzene rings is 2. The Hall–Kier alpha value is -3.55. The minimum absolute atomic E-state index is 0.0659. The SMILES string of the molecule is COC(=O)c1ccc(NC(=O)C2CC(=O)N(Cc3ccc4c(c3)OCO4)C2)cc1. The minimum atomic E-state index is -0.441. The van der Waals surface area contributed by atoms with E-state index in [1.165, 1.54) is 7.11 Å². The van der Waals surface area contributed by atoms with Crippen LogP contribution in [0.4, 0.5) is 5.69 Å². The molecule has 2 amide bonds. The molecule has 1 saturated heterocycles. The maximum atomic E-state index is 12.6. The molecule has 1 fully saturated rings. The fourth-order valence-corrected chi connectivity index (χ4v) is 3.41. The number of anilines is 1. The van der Waals surface area contributed by atoms with E-state index < -0.39 is 11.9 Å². The van der Waals surface area contributed by atoms with Gasteiger partial charge < -0.3 is 24.4 Å². The Morgan fingerprint density at radius 2 is 1.90 bits per heavy atom. The highest BCUT2D eigenvalue weighted by atomic mass is 16.7. The average molecular weight is 396 g/mol. The third-order valence-electron chi connectivity index (χ3n) is 4.97. The van der Waals surface area contributed by atoms with Crippen molar-refractivity contribution in [1.82, 2.24) is 4.90 Å². The summed E-state index contributed by atoms with van der Waals surface area (Å²) in [5.74, 6) is 0.192. The number of hydrogen-bond donors (Lipinski definition) is 1. The molecule has 2 aliphatic rings. The summed E-state index contributed by atoms with van der Waals surface area (Å²) < 4.78 is 15.3. The van der Waals surface area contributed by atoms with E-state index in [4.69, 9.17) is 9.47 Å². The molecule has 1 unspecified atom stereocenters. The molecule has 2 aromatic carbocycles. The first-order valence-electron chi connectivity index (χ1n) is 9.19. The number of esters is 1. The zero-order valence-electron chi connectivity index (χ0n) is 15.8. The van der Waals surface area contributed by atoms with Crippen molar-refractivity contribution < 1.29 is 28.6 Å². The number of ether oxygens (including phenoxy) is 3. The molecule has 0 radical (unpaired) electrons. The van der Waals surface area contributed by atoms with Gasteiger partial charge in [0.2, 0.25) is 18.6 Å². The van der Waals surface area contributed by atoms with Gasteiger partial charge in [-0.1, -0.05) is 6.07 Å². The molecule has 29 heavy (non-hydrogen) atoms. The summed E-state index contributed by atoms with van der Waals surface area (Å²) in [5, 5.41) is 2.80. The zero-order valence-corrected chi connectivity index (χ0v) is 15.8. The average Bonchev–Trinajstić information content (AvgIpc) is 3.34. The van der Waals surface area contributed by atoms with E-state index in [-0.39, 0.29) is 25.0 Å². The van der Waals surface area contributed by atoms with Crippen molar-refractivity contribution in [2.24, 2.45) is 5.92 Å². The van der Waals surface area contributed by atoms with Crippen LogP contribution >= 0.6 is 0 Å². The summed E-state index contributed by atoms with van der Waals surface area (Å²) >= 11 is 0. The topological polar surface area (TPSA) is 94.2 Å². The number of nitrogens with one attached hydrogen (secondary N) is 1. The molecule has 150 valence electrons. The number of carbonyl (C=O) groups excluding carboxylic acids is 3. The number of rotatable bonds is 5. The lowest BCUT2D eigenvalue weighted by atomic mass is 10.1. The van der Waals surface area contributed by atoms with Crippen molar-refractivity contribution in [3.8, 4) is 11.5 Å². The predicted octanol–water partition coefficient (Wildman–Crippen LogP) is 2.19. The van der Waals surface area contributed by atoms with Crippen LogP contribution in [0.5, 0.6) is 11.5 Å². The van der Waals surface area contributed by atoms with E-state index >= 15 is 0 Å². The monoisotopic (exact) mass is 396 g/mol. The molecule has 1 atom stereocenters. The van der Waals surface area contributed by atoms with Crippen LogP contribution in [-0.4, -0.2) is 43.1 Å². The van der Waals surface area contributed by atoms with Crippen molar-refractivity contribution in [2.75, 3.05) is 25.8 Å². The largest absolute Gasteiger partial charge is 0.465 e. The van der Waals surface area contributed by atoms with Crippen LogP contribution in [0, 0.1) is 5.92 Å². The third-order valence-corrected chi connectivity index (χ3v) is 4.97. The first-order chi connectivity index (χ1) is 14.0. The predicted molar refractivity (Wildman–Crippen MR) is 103 cm³/mol. The van der Waals surface area contributed by atoms with Gasteiger partial charge in [-0.25, -0.2) is 4.79 Å². The van der Waals surface area contributed by atoms with Gasteiger partial charge in [0.25, 0.3) is 0 Å². The van der Waals surface area contributed by atoms with E-state index in [0.717, 1.165) is 5.56 Å². The fourth-order valence-electron chi connectivity index (χ4n) is 3.41. The number of amides is 2. The second-order valence-corrected chi connectivity index (χ2v) is 6.92. The molecular weight excluding hydrogens is 376 g/mol. The minimum Gasteiger partial charge on any atom is -0.465 e. The van der Waals surface area contributed by atoms with Gasteiger partial charge in [0.1, 0.15) is 0 Å². The van der Waals surface area contributed by atoms with Crippen molar-refractivity contribution in [1.29, 1.82) is 0 Å². The highest BCUT2D eigenvalue weighted by Crippen LogP contribution is 2.33. The van der Waals surface area contributed by atoms with Gasteiger partial charge >= 0.3 is 5.97 Å². The highest BCUT2D eigenvalue weighted by Gasteiger charge is 2.34. The highest BCUT2D eigenvalue weighted by molar-refractivity contribution is 5.97. The van der Waals surface area contributed by atoms with E-state index in [9.17, 15) is 14.4 Å². The lowest BCUT2D eigenvalue weighted by molar-refractivity contribution is -0.128. The second kappa shape index (κ2) is 7.83. The number of likely N-dealkylation sites (tertiary alicyclic amines) is 1. The quantitative estimate of drug-likeness (QED) is 0.779. The Morgan fingerprint density at radius 3 is 2.66 bits per heavy atom. The van der Waals surface area contributed by atoms with Crippen LogP contribution in [0.3, 0.4) is 0 Å². The van der Waals surface area contributed by atoms with Crippen LogP contribution < -0.4 is 14.8 Å². The van der Waals surface area contributed by atoms with Crippen LogP contribution in [0.25, 0.3) is 0 Å². The van der Waals surface area contributed by atoms with Crippen LogP contribution in [0.1, 0.15) is 22.3 Å². The molecule has 1 N–H and O–H groups in total. The lowest BCUT2D eigenvalue weighted by Crippen LogP contribution is -2.28. The Balaban J connectivity index is 1.36. The van der Waals surface area contributed by atoms with Gasteiger partial charge in [-0.2, -0.15) is 0 Å². The smallest absolute Gasteiger partial charge is 0.337 e. The number of hydrogen-bond acceptors (Lipinski definition) is 6. The van der Waals surface area contributed by atoms with Crippen molar-refractivity contribution in [2.45, 2.75) is 13.0 Å². The number of fused-ring (bicyclic) bond motifs is 1. The number of methoxy groups -OCH3 is 1. The summed E-state index contributed by atoms with van der Waals surface area (Å²) in [7, 11) is 1.31. The first-order valence-corrected chi connectivity index (χ1v) is 9.19. The maximum absolute atomic E-state index is 12.6. The van der Waals surface area contributed by atoms with Crippen molar-refractivity contribution in [3.63, 3.8) is 0 Å². The van der Waals surface area contributed by atoms with Gasteiger partial charge in [0.05, 0.1) is 18.6 Å². The summed E-state index contributed by atoms with van der Waals surface area (Å²) in [6.45, 7) is 0.955. The number of carbonyl (C=O) groups is 3. The molecule has 0 bridgehead atoms. The van der Waals surface area contributed by atoms with Crippen LogP contribution in [-0.2, 0) is 20.9 Å². The Kier molecular flexibility index (Phi) is 5.07. The Bertz CT molecular complexity index is 956. The van der Waals surface area contributed by atoms with Gasteiger partial charge in [0, 0.05) is 25.2 Å². The first kappa shape index (κ1) is 18.8. The normalized spacial score (nSPS) is 17.3.